The summed E-state index contributed by atoms with van der Waals surface area (Å²) in [5, 5.41) is 9.75. The largest absolute Gasteiger partial charge is 0.480 e. The molecule has 0 aliphatic rings. The molecule has 1 atom stereocenters. The van der Waals surface area contributed by atoms with E-state index >= 15 is 0 Å². The first-order valence-corrected chi connectivity index (χ1v) is 7.25. The van der Waals surface area contributed by atoms with Gasteiger partial charge in [-0.1, -0.05) is 18.5 Å². The number of carboxylic acids is 1. The molecule has 1 aromatic carbocycles. The third-order valence-electron chi connectivity index (χ3n) is 2.91. The van der Waals surface area contributed by atoms with E-state index in [1.54, 1.807) is 18.7 Å². The van der Waals surface area contributed by atoms with Gasteiger partial charge in [0.1, 0.15) is 5.54 Å². The quantitative estimate of drug-likeness (QED) is 0.596. The topological polar surface area (TPSA) is 63.3 Å². The molecule has 1 aromatic rings. The van der Waals surface area contributed by atoms with Crippen LogP contribution < -0.4 is 5.73 Å². The van der Waals surface area contributed by atoms with Crippen molar-refractivity contribution in [3.8, 4) is 0 Å². The van der Waals surface area contributed by atoms with Gasteiger partial charge in [0, 0.05) is 9.92 Å². The predicted molar refractivity (Wildman–Crippen MR) is 76.3 cm³/mol. The third kappa shape index (κ3) is 4.52. The van der Waals surface area contributed by atoms with Crippen molar-refractivity contribution in [1.82, 2.24) is 0 Å². The highest BCUT2D eigenvalue weighted by Crippen LogP contribution is 2.23. The zero-order valence-electron chi connectivity index (χ0n) is 10.4. The Morgan fingerprint density at radius 3 is 2.56 bits per heavy atom. The van der Waals surface area contributed by atoms with Gasteiger partial charge in [0.15, 0.2) is 0 Å². The second-order valence-corrected chi connectivity index (χ2v) is 5.83. The van der Waals surface area contributed by atoms with Gasteiger partial charge >= 0.3 is 5.97 Å². The van der Waals surface area contributed by atoms with E-state index in [4.69, 9.17) is 22.4 Å². The van der Waals surface area contributed by atoms with Gasteiger partial charge in [-0.05, 0) is 49.3 Å². The van der Waals surface area contributed by atoms with Crippen molar-refractivity contribution < 1.29 is 9.90 Å². The van der Waals surface area contributed by atoms with Gasteiger partial charge < -0.3 is 10.8 Å². The molecular formula is C13H18ClNO2S. The van der Waals surface area contributed by atoms with Crippen LogP contribution in [0, 0.1) is 0 Å². The van der Waals surface area contributed by atoms with E-state index in [2.05, 4.69) is 0 Å². The summed E-state index contributed by atoms with van der Waals surface area (Å²) in [4.78, 5) is 12.1. The molecule has 0 amide bonds. The molecule has 0 radical (unpaired) electrons. The van der Waals surface area contributed by atoms with Crippen molar-refractivity contribution in [1.29, 1.82) is 0 Å². The van der Waals surface area contributed by atoms with Crippen molar-refractivity contribution in [2.75, 3.05) is 5.75 Å². The highest BCUT2D eigenvalue weighted by atomic mass is 35.5. The number of hydrogen-bond acceptors (Lipinski definition) is 3. The lowest BCUT2D eigenvalue weighted by Crippen LogP contribution is -2.47. The lowest BCUT2D eigenvalue weighted by Gasteiger charge is -2.22. The summed E-state index contributed by atoms with van der Waals surface area (Å²) in [7, 11) is 0. The zero-order valence-corrected chi connectivity index (χ0v) is 11.9. The van der Waals surface area contributed by atoms with Gasteiger partial charge in [0.05, 0.1) is 0 Å². The molecule has 0 saturated carbocycles. The fourth-order valence-corrected chi connectivity index (χ4v) is 2.52. The zero-order chi connectivity index (χ0) is 13.6. The van der Waals surface area contributed by atoms with Crippen LogP contribution in [0.15, 0.2) is 29.2 Å². The number of aliphatic carboxylic acids is 1. The SMILES string of the molecule is CCC(N)(CCCSc1ccc(Cl)cc1)C(=O)O. The van der Waals surface area contributed by atoms with Crippen LogP contribution in [0.4, 0.5) is 0 Å². The Balaban J connectivity index is 2.34. The van der Waals surface area contributed by atoms with Crippen LogP contribution >= 0.6 is 23.4 Å². The first-order valence-electron chi connectivity index (χ1n) is 5.88. The van der Waals surface area contributed by atoms with E-state index < -0.39 is 11.5 Å². The molecule has 0 spiro atoms. The number of nitrogens with two attached hydrogens (primary N) is 1. The first kappa shape index (κ1) is 15.3. The number of thioether (sulfide) groups is 1. The number of rotatable bonds is 7. The molecule has 100 valence electrons. The lowest BCUT2D eigenvalue weighted by molar-refractivity contribution is -0.143. The van der Waals surface area contributed by atoms with E-state index in [1.165, 1.54) is 0 Å². The van der Waals surface area contributed by atoms with E-state index in [-0.39, 0.29) is 0 Å². The molecule has 0 saturated heterocycles. The van der Waals surface area contributed by atoms with E-state index in [1.807, 2.05) is 24.3 Å². The molecule has 0 bridgehead atoms. The predicted octanol–water partition coefficient (Wildman–Crippen LogP) is 3.40. The second-order valence-electron chi connectivity index (χ2n) is 4.22. The average Bonchev–Trinajstić information content (AvgIpc) is 2.36. The standard InChI is InChI=1S/C13H18ClNO2S/c1-2-13(15,12(16)17)8-3-9-18-11-6-4-10(14)5-7-11/h4-7H,2-3,8-9,15H2,1H3,(H,16,17). The van der Waals surface area contributed by atoms with Crippen LogP contribution in [0.2, 0.25) is 5.02 Å². The van der Waals surface area contributed by atoms with Crippen molar-refractivity contribution >= 4 is 29.3 Å². The van der Waals surface area contributed by atoms with Crippen molar-refractivity contribution in [3.05, 3.63) is 29.3 Å². The Kier molecular flexibility index (Phi) is 5.99. The fraction of sp³-hybridized carbons (Fsp3) is 0.462. The maximum absolute atomic E-state index is 11.0. The van der Waals surface area contributed by atoms with Crippen LogP contribution in [0.25, 0.3) is 0 Å². The highest BCUT2D eigenvalue weighted by molar-refractivity contribution is 7.99. The number of carbonyl (C=O) groups is 1. The van der Waals surface area contributed by atoms with Crippen LogP contribution in [-0.2, 0) is 4.79 Å². The summed E-state index contributed by atoms with van der Waals surface area (Å²) >= 11 is 7.48. The summed E-state index contributed by atoms with van der Waals surface area (Å²) < 4.78 is 0. The lowest BCUT2D eigenvalue weighted by atomic mass is 9.92. The smallest absolute Gasteiger partial charge is 0.323 e. The first-order chi connectivity index (χ1) is 8.48. The van der Waals surface area contributed by atoms with Crippen LogP contribution in [-0.4, -0.2) is 22.4 Å². The van der Waals surface area contributed by atoms with Crippen molar-refractivity contribution in [2.45, 2.75) is 36.6 Å². The molecule has 3 nitrogen and oxygen atoms in total. The average molecular weight is 288 g/mol. The molecule has 0 aliphatic carbocycles. The molecule has 18 heavy (non-hydrogen) atoms. The minimum Gasteiger partial charge on any atom is -0.480 e. The minimum atomic E-state index is -1.08. The van der Waals surface area contributed by atoms with Gasteiger partial charge in [0.2, 0.25) is 0 Å². The van der Waals surface area contributed by atoms with Gasteiger partial charge in [-0.25, -0.2) is 0 Å². The van der Waals surface area contributed by atoms with Crippen LogP contribution in [0.3, 0.4) is 0 Å². The van der Waals surface area contributed by atoms with Crippen LogP contribution in [0.1, 0.15) is 26.2 Å². The summed E-state index contributed by atoms with van der Waals surface area (Å²) in [6.45, 7) is 1.81. The molecule has 1 unspecified atom stereocenters. The molecule has 0 aliphatic heterocycles. The molecule has 1 rings (SSSR count). The van der Waals surface area contributed by atoms with Gasteiger partial charge in [-0.15, -0.1) is 11.8 Å². The molecule has 3 N–H and O–H groups in total. The number of halogens is 1. The van der Waals surface area contributed by atoms with Crippen molar-refractivity contribution in [2.24, 2.45) is 5.73 Å². The number of carboxylic acid groups (broad SMARTS) is 1. The Bertz CT molecular complexity index is 396. The third-order valence-corrected chi connectivity index (χ3v) is 4.26. The number of hydrogen-bond donors (Lipinski definition) is 2. The van der Waals surface area contributed by atoms with E-state index in [0.717, 1.165) is 22.1 Å². The van der Waals surface area contributed by atoms with Gasteiger partial charge in [0.25, 0.3) is 0 Å². The summed E-state index contributed by atoms with van der Waals surface area (Å²) in [5.74, 6) is -0.0603. The molecule has 5 heteroatoms. The van der Waals surface area contributed by atoms with Crippen molar-refractivity contribution in [3.63, 3.8) is 0 Å². The molecule has 0 heterocycles. The maximum atomic E-state index is 11.0. The Morgan fingerprint density at radius 1 is 1.44 bits per heavy atom. The van der Waals surface area contributed by atoms with Gasteiger partial charge in [-0.2, -0.15) is 0 Å². The Hall–Kier alpha value is -0.710. The minimum absolute atomic E-state index is 0.452. The van der Waals surface area contributed by atoms with E-state index in [9.17, 15) is 4.79 Å². The van der Waals surface area contributed by atoms with Gasteiger partial charge in [-0.3, -0.25) is 4.79 Å². The second kappa shape index (κ2) is 7.02. The molecule has 0 fully saturated rings. The highest BCUT2D eigenvalue weighted by Gasteiger charge is 2.30. The maximum Gasteiger partial charge on any atom is 0.323 e. The monoisotopic (exact) mass is 287 g/mol. The Labute approximate surface area is 117 Å². The summed E-state index contributed by atoms with van der Waals surface area (Å²) in [6, 6.07) is 7.61. The van der Waals surface area contributed by atoms with Crippen LogP contribution in [0.5, 0.6) is 0 Å². The molecule has 0 aromatic heterocycles. The summed E-state index contributed by atoms with van der Waals surface area (Å²) in [5.41, 5.74) is 4.73. The fourth-order valence-electron chi connectivity index (χ4n) is 1.54. The number of benzene rings is 1. The van der Waals surface area contributed by atoms with E-state index in [0.29, 0.717) is 12.8 Å². The Morgan fingerprint density at radius 2 is 2.06 bits per heavy atom. The molecular weight excluding hydrogens is 270 g/mol. The normalized spacial score (nSPS) is 14.2. The summed E-state index contributed by atoms with van der Waals surface area (Å²) in [6.07, 6.45) is 1.73.